The second kappa shape index (κ2) is 11.4. The number of hydrogen-bond donors (Lipinski definition) is 1. The molecule has 0 aromatic heterocycles. The van der Waals surface area contributed by atoms with Gasteiger partial charge in [0.05, 0.1) is 46.5 Å². The molecule has 182 valence electrons. The fourth-order valence-electron chi connectivity index (χ4n) is 4.08. The fourth-order valence-corrected chi connectivity index (χ4v) is 4.08. The molecule has 1 atom stereocenters. The maximum absolute atomic E-state index is 13.1. The normalized spacial score (nSPS) is 14.0. The number of ether oxygens (including phenoxy) is 4. The predicted octanol–water partition coefficient (Wildman–Crippen LogP) is 3.60. The van der Waals surface area contributed by atoms with Crippen LogP contribution in [0.3, 0.4) is 0 Å². The van der Waals surface area contributed by atoms with Crippen LogP contribution in [0, 0.1) is 0 Å². The highest BCUT2D eigenvalue weighted by molar-refractivity contribution is 5.82. The molecule has 1 aliphatic rings. The van der Waals surface area contributed by atoms with Crippen molar-refractivity contribution >= 4 is 17.4 Å². The molecule has 0 bridgehead atoms. The van der Waals surface area contributed by atoms with Gasteiger partial charge in [-0.15, -0.1) is 0 Å². The minimum atomic E-state index is -0.414. The van der Waals surface area contributed by atoms with E-state index >= 15 is 0 Å². The van der Waals surface area contributed by atoms with Crippen LogP contribution in [0.15, 0.2) is 42.5 Å². The third kappa shape index (κ3) is 5.81. The number of benzene rings is 2. The van der Waals surface area contributed by atoms with Crippen molar-refractivity contribution in [3.8, 4) is 23.0 Å². The topological polar surface area (TPSA) is 86.3 Å². The molecule has 0 radical (unpaired) electrons. The molecular weight excluding hydrogens is 436 g/mol. The Hall–Kier alpha value is -3.68. The molecule has 8 nitrogen and oxygen atoms in total. The van der Waals surface area contributed by atoms with Crippen molar-refractivity contribution in [2.75, 3.05) is 41.5 Å². The molecule has 3 rings (SSSR count). The van der Waals surface area contributed by atoms with Crippen molar-refractivity contribution < 1.29 is 28.5 Å². The third-order valence-corrected chi connectivity index (χ3v) is 5.87. The second-order valence-electron chi connectivity index (χ2n) is 7.96. The smallest absolute Gasteiger partial charge is 0.225 e. The van der Waals surface area contributed by atoms with Crippen LogP contribution >= 0.6 is 0 Å². The largest absolute Gasteiger partial charge is 0.497 e. The van der Waals surface area contributed by atoms with E-state index in [1.165, 1.54) is 6.92 Å². The summed E-state index contributed by atoms with van der Waals surface area (Å²) in [6, 6.07) is 10.6. The monoisotopic (exact) mass is 468 g/mol. The Kier molecular flexibility index (Phi) is 8.40. The zero-order valence-electron chi connectivity index (χ0n) is 20.3. The van der Waals surface area contributed by atoms with Crippen molar-refractivity contribution in [1.82, 2.24) is 10.2 Å². The maximum Gasteiger partial charge on any atom is 0.225 e. The van der Waals surface area contributed by atoms with Gasteiger partial charge >= 0.3 is 0 Å². The highest BCUT2D eigenvalue weighted by Gasteiger charge is 2.25. The van der Waals surface area contributed by atoms with Gasteiger partial charge in [-0.1, -0.05) is 18.2 Å². The second-order valence-corrected chi connectivity index (χ2v) is 7.96. The Morgan fingerprint density at radius 1 is 0.941 bits per heavy atom. The predicted molar refractivity (Wildman–Crippen MR) is 129 cm³/mol. The van der Waals surface area contributed by atoms with Crippen LogP contribution in [0.2, 0.25) is 0 Å². The number of nitrogens with zero attached hydrogens (tertiary/aromatic N) is 1. The van der Waals surface area contributed by atoms with Gasteiger partial charge < -0.3 is 29.2 Å². The minimum absolute atomic E-state index is 0.0291. The lowest BCUT2D eigenvalue weighted by Gasteiger charge is -2.29. The molecule has 2 aromatic carbocycles. The number of rotatable bonds is 9. The molecular formula is C26H32N2O6. The van der Waals surface area contributed by atoms with Crippen LogP contribution in [0.4, 0.5) is 0 Å². The van der Waals surface area contributed by atoms with E-state index in [-0.39, 0.29) is 18.2 Å². The van der Waals surface area contributed by atoms with E-state index in [0.717, 1.165) is 22.4 Å². The quantitative estimate of drug-likeness (QED) is 0.605. The van der Waals surface area contributed by atoms with Crippen molar-refractivity contribution in [3.63, 3.8) is 0 Å². The van der Waals surface area contributed by atoms with Crippen LogP contribution in [-0.4, -0.2) is 58.2 Å². The van der Waals surface area contributed by atoms with Gasteiger partial charge in [-0.2, -0.15) is 0 Å². The standard InChI is InChI=1S/C26H32N2O6/c1-17(29)27-22(18-6-8-20(31-2)9-7-18)16-25(30)28-12-10-19(11-13-28)26-23(33-4)14-21(32-3)15-24(26)34-5/h6-10,14-15,22H,11-13,16H2,1-5H3,(H,27,29). The van der Waals surface area contributed by atoms with Crippen molar-refractivity contribution in [3.05, 3.63) is 53.6 Å². The molecule has 1 N–H and O–H groups in total. The van der Waals surface area contributed by atoms with Gasteiger partial charge in [-0.05, 0) is 29.7 Å². The summed E-state index contributed by atoms with van der Waals surface area (Å²) in [4.78, 5) is 26.7. The molecule has 2 amide bonds. The minimum Gasteiger partial charge on any atom is -0.497 e. The van der Waals surface area contributed by atoms with E-state index in [4.69, 9.17) is 18.9 Å². The fraction of sp³-hybridized carbons (Fsp3) is 0.385. The SMILES string of the molecule is COc1ccc(C(CC(=O)N2CC=C(c3c(OC)cc(OC)cc3OC)CC2)NC(C)=O)cc1. The Morgan fingerprint density at radius 3 is 2.03 bits per heavy atom. The average Bonchev–Trinajstić information content (AvgIpc) is 2.87. The van der Waals surface area contributed by atoms with Gasteiger partial charge in [-0.25, -0.2) is 0 Å². The number of nitrogens with one attached hydrogen (secondary N) is 1. The van der Waals surface area contributed by atoms with Crippen LogP contribution < -0.4 is 24.3 Å². The average molecular weight is 469 g/mol. The molecule has 34 heavy (non-hydrogen) atoms. The molecule has 2 aromatic rings. The molecule has 1 aliphatic heterocycles. The van der Waals surface area contributed by atoms with Crippen molar-refractivity contribution in [1.29, 1.82) is 0 Å². The lowest BCUT2D eigenvalue weighted by atomic mass is 9.96. The van der Waals surface area contributed by atoms with Crippen molar-refractivity contribution in [2.45, 2.75) is 25.8 Å². The first kappa shape index (κ1) is 25.0. The number of carbonyl (C=O) groups is 2. The first-order chi connectivity index (χ1) is 16.4. The summed E-state index contributed by atoms with van der Waals surface area (Å²) in [6.07, 6.45) is 2.84. The van der Waals surface area contributed by atoms with E-state index in [1.54, 1.807) is 33.3 Å². The van der Waals surface area contributed by atoms with Gasteiger partial charge in [0.25, 0.3) is 0 Å². The zero-order chi connectivity index (χ0) is 24.7. The molecule has 8 heteroatoms. The Morgan fingerprint density at radius 2 is 1.56 bits per heavy atom. The Balaban J connectivity index is 1.76. The van der Waals surface area contributed by atoms with Gasteiger partial charge in [0.15, 0.2) is 0 Å². The van der Waals surface area contributed by atoms with Crippen LogP contribution in [-0.2, 0) is 9.59 Å². The van der Waals surface area contributed by atoms with Crippen molar-refractivity contribution in [2.24, 2.45) is 0 Å². The third-order valence-electron chi connectivity index (χ3n) is 5.87. The summed E-state index contributed by atoms with van der Waals surface area (Å²) >= 11 is 0. The molecule has 0 saturated heterocycles. The Labute approximate surface area is 200 Å². The lowest BCUT2D eigenvalue weighted by molar-refractivity contribution is -0.131. The number of amides is 2. The van der Waals surface area contributed by atoms with Crippen LogP contribution in [0.1, 0.15) is 36.9 Å². The molecule has 0 aliphatic carbocycles. The molecule has 0 spiro atoms. The van der Waals surface area contributed by atoms with E-state index in [0.29, 0.717) is 36.8 Å². The highest BCUT2D eigenvalue weighted by Crippen LogP contribution is 2.41. The number of hydrogen-bond acceptors (Lipinski definition) is 6. The molecule has 0 fully saturated rings. The van der Waals surface area contributed by atoms with Gasteiger partial charge in [0.2, 0.25) is 11.8 Å². The summed E-state index contributed by atoms with van der Waals surface area (Å²) in [5, 5.41) is 2.89. The molecule has 1 heterocycles. The number of methoxy groups -OCH3 is 4. The van der Waals surface area contributed by atoms with E-state index in [2.05, 4.69) is 5.32 Å². The van der Waals surface area contributed by atoms with Crippen LogP contribution in [0.25, 0.3) is 5.57 Å². The Bertz CT molecular complexity index is 1020. The van der Waals surface area contributed by atoms with E-state index in [9.17, 15) is 9.59 Å². The summed E-state index contributed by atoms with van der Waals surface area (Å²) in [5.41, 5.74) is 2.77. The van der Waals surface area contributed by atoms with Gasteiger partial charge in [0.1, 0.15) is 23.0 Å². The summed E-state index contributed by atoms with van der Waals surface area (Å²) in [6.45, 7) is 2.47. The summed E-state index contributed by atoms with van der Waals surface area (Å²) < 4.78 is 21.7. The first-order valence-corrected chi connectivity index (χ1v) is 11.1. The zero-order valence-corrected chi connectivity index (χ0v) is 20.3. The molecule has 1 unspecified atom stereocenters. The van der Waals surface area contributed by atoms with Gasteiger partial charge in [0, 0.05) is 32.1 Å². The summed E-state index contributed by atoms with van der Waals surface area (Å²) in [5.74, 6) is 2.47. The lowest BCUT2D eigenvalue weighted by Crippen LogP contribution is -2.38. The molecule has 0 saturated carbocycles. The van der Waals surface area contributed by atoms with Gasteiger partial charge in [-0.3, -0.25) is 9.59 Å². The number of carbonyl (C=O) groups excluding carboxylic acids is 2. The van der Waals surface area contributed by atoms with E-state index in [1.807, 2.05) is 42.5 Å². The summed E-state index contributed by atoms with van der Waals surface area (Å²) in [7, 11) is 6.41. The van der Waals surface area contributed by atoms with Crippen LogP contribution in [0.5, 0.6) is 23.0 Å². The first-order valence-electron chi connectivity index (χ1n) is 11.1. The van der Waals surface area contributed by atoms with E-state index < -0.39 is 6.04 Å². The highest BCUT2D eigenvalue weighted by atomic mass is 16.5. The maximum atomic E-state index is 13.1.